The molecule has 0 saturated carbocycles. The van der Waals surface area contributed by atoms with E-state index in [0.29, 0.717) is 0 Å². The van der Waals surface area contributed by atoms with E-state index in [9.17, 15) is 9.59 Å². The molecule has 0 aliphatic heterocycles. The summed E-state index contributed by atoms with van der Waals surface area (Å²) in [6, 6.07) is -2.71. The number of carboxylic acid groups (broad SMARTS) is 1. The van der Waals surface area contributed by atoms with Crippen LogP contribution in [-0.4, -0.2) is 35.7 Å². The van der Waals surface area contributed by atoms with Gasteiger partial charge in [0.05, 0.1) is 6.61 Å². The van der Waals surface area contributed by atoms with E-state index in [1.54, 1.807) is 0 Å². The molecule has 82 valence electrons. The van der Waals surface area contributed by atoms with Gasteiger partial charge >= 0.3 is 11.9 Å². The summed E-state index contributed by atoms with van der Waals surface area (Å²) < 4.78 is 4.71. The van der Waals surface area contributed by atoms with Crippen molar-refractivity contribution in [2.75, 3.05) is 6.61 Å². The second kappa shape index (κ2) is 6.33. The van der Waals surface area contributed by atoms with Crippen LogP contribution >= 0.6 is 0 Å². The predicted molar refractivity (Wildman–Crippen MR) is 49.5 cm³/mol. The summed E-state index contributed by atoms with van der Waals surface area (Å²) in [5, 5.41) is 8.46. The number of esters is 1. The number of unbranched alkanes of at least 4 members (excludes halogenated alkanes) is 1. The zero-order valence-electron chi connectivity index (χ0n) is 8.10. The van der Waals surface area contributed by atoms with Crippen molar-refractivity contribution in [2.45, 2.75) is 31.8 Å². The van der Waals surface area contributed by atoms with E-state index in [1.807, 2.05) is 6.92 Å². The molecule has 6 heteroatoms. The SMILES string of the molecule is CCCCOC(=O)C(N)[C@H](N)C(=O)O. The lowest BCUT2D eigenvalue weighted by Crippen LogP contribution is -2.52. The van der Waals surface area contributed by atoms with Gasteiger partial charge in [-0.05, 0) is 6.42 Å². The number of hydrogen-bond donors (Lipinski definition) is 3. The quantitative estimate of drug-likeness (QED) is 0.380. The zero-order valence-corrected chi connectivity index (χ0v) is 8.10. The summed E-state index contributed by atoms with van der Waals surface area (Å²) in [5.41, 5.74) is 10.4. The van der Waals surface area contributed by atoms with Crippen LogP contribution in [0.1, 0.15) is 19.8 Å². The van der Waals surface area contributed by atoms with Crippen LogP contribution in [0.3, 0.4) is 0 Å². The molecule has 0 aromatic carbocycles. The lowest BCUT2D eigenvalue weighted by atomic mass is 10.1. The van der Waals surface area contributed by atoms with Crippen LogP contribution in [-0.2, 0) is 14.3 Å². The van der Waals surface area contributed by atoms with Gasteiger partial charge in [0.1, 0.15) is 12.1 Å². The highest BCUT2D eigenvalue weighted by Crippen LogP contribution is 1.94. The Morgan fingerprint density at radius 2 is 1.93 bits per heavy atom. The highest BCUT2D eigenvalue weighted by Gasteiger charge is 2.28. The third-order valence-electron chi connectivity index (χ3n) is 1.69. The maximum absolute atomic E-state index is 11.1. The first kappa shape index (κ1) is 12.9. The number of ether oxygens (including phenoxy) is 1. The first-order chi connectivity index (χ1) is 6.50. The van der Waals surface area contributed by atoms with E-state index < -0.39 is 24.0 Å². The smallest absolute Gasteiger partial charge is 0.325 e. The van der Waals surface area contributed by atoms with Crippen molar-refractivity contribution in [3.8, 4) is 0 Å². The first-order valence-electron chi connectivity index (χ1n) is 4.41. The fraction of sp³-hybridized carbons (Fsp3) is 0.750. The Balaban J connectivity index is 3.92. The maximum Gasteiger partial charge on any atom is 0.325 e. The molecule has 2 atom stereocenters. The number of aliphatic carboxylic acids is 1. The molecule has 0 saturated heterocycles. The van der Waals surface area contributed by atoms with Crippen molar-refractivity contribution in [1.82, 2.24) is 0 Å². The average Bonchev–Trinajstić information content (AvgIpc) is 2.15. The number of rotatable bonds is 6. The van der Waals surface area contributed by atoms with Crippen LogP contribution < -0.4 is 11.5 Å². The lowest BCUT2D eigenvalue weighted by molar-refractivity contribution is -0.150. The molecule has 5 N–H and O–H groups in total. The molecule has 0 bridgehead atoms. The van der Waals surface area contributed by atoms with Crippen LogP contribution in [0.15, 0.2) is 0 Å². The van der Waals surface area contributed by atoms with Crippen molar-refractivity contribution in [3.05, 3.63) is 0 Å². The molecule has 0 aliphatic carbocycles. The second-order valence-electron chi connectivity index (χ2n) is 2.91. The summed E-state index contributed by atoms with van der Waals surface area (Å²) in [6.07, 6.45) is 1.61. The summed E-state index contributed by atoms with van der Waals surface area (Å²) in [5.74, 6) is -2.08. The monoisotopic (exact) mass is 204 g/mol. The zero-order chi connectivity index (χ0) is 11.1. The molecule has 0 aromatic heterocycles. The van der Waals surface area contributed by atoms with Gasteiger partial charge in [0.15, 0.2) is 0 Å². The number of nitrogens with two attached hydrogens (primary N) is 2. The first-order valence-corrected chi connectivity index (χ1v) is 4.41. The van der Waals surface area contributed by atoms with E-state index in [1.165, 1.54) is 0 Å². The Hall–Kier alpha value is -1.14. The van der Waals surface area contributed by atoms with Gasteiger partial charge in [-0.2, -0.15) is 0 Å². The molecule has 1 unspecified atom stereocenters. The number of carbonyl (C=O) groups excluding carboxylic acids is 1. The van der Waals surface area contributed by atoms with Crippen molar-refractivity contribution in [3.63, 3.8) is 0 Å². The molecular formula is C8H16N2O4. The summed E-state index contributed by atoms with van der Waals surface area (Å²) in [4.78, 5) is 21.4. The third-order valence-corrected chi connectivity index (χ3v) is 1.69. The van der Waals surface area contributed by atoms with Gasteiger partial charge in [-0.3, -0.25) is 9.59 Å². The molecule has 0 amide bonds. The van der Waals surface area contributed by atoms with E-state index in [0.717, 1.165) is 12.8 Å². The summed E-state index contributed by atoms with van der Waals surface area (Å²) >= 11 is 0. The fourth-order valence-electron chi connectivity index (χ4n) is 0.714. The van der Waals surface area contributed by atoms with Gasteiger partial charge in [-0.15, -0.1) is 0 Å². The van der Waals surface area contributed by atoms with Gasteiger partial charge in [-0.25, -0.2) is 0 Å². The predicted octanol–water partition coefficient (Wildman–Crippen LogP) is -0.931. The van der Waals surface area contributed by atoms with Crippen LogP contribution in [0, 0.1) is 0 Å². The Labute approximate surface area is 82.2 Å². The minimum atomic E-state index is -1.41. The Morgan fingerprint density at radius 3 is 2.36 bits per heavy atom. The minimum Gasteiger partial charge on any atom is -0.480 e. The Morgan fingerprint density at radius 1 is 1.36 bits per heavy atom. The number of hydrogen-bond acceptors (Lipinski definition) is 5. The summed E-state index contributed by atoms with van der Waals surface area (Å²) in [7, 11) is 0. The Kier molecular flexibility index (Phi) is 5.82. The largest absolute Gasteiger partial charge is 0.480 e. The average molecular weight is 204 g/mol. The van der Waals surface area contributed by atoms with E-state index in [2.05, 4.69) is 0 Å². The van der Waals surface area contributed by atoms with Crippen LogP contribution in [0.4, 0.5) is 0 Å². The van der Waals surface area contributed by atoms with E-state index >= 15 is 0 Å². The molecule has 6 nitrogen and oxygen atoms in total. The second-order valence-corrected chi connectivity index (χ2v) is 2.91. The number of carboxylic acids is 1. The Bertz CT molecular complexity index is 208. The topological polar surface area (TPSA) is 116 Å². The van der Waals surface area contributed by atoms with Crippen LogP contribution in [0.5, 0.6) is 0 Å². The lowest BCUT2D eigenvalue weighted by Gasteiger charge is -2.14. The molecular weight excluding hydrogens is 188 g/mol. The van der Waals surface area contributed by atoms with Gasteiger partial charge in [0.2, 0.25) is 0 Å². The van der Waals surface area contributed by atoms with Crippen molar-refractivity contribution < 1.29 is 19.4 Å². The third kappa shape index (κ3) is 4.20. The fourth-order valence-corrected chi connectivity index (χ4v) is 0.714. The van der Waals surface area contributed by atoms with Gasteiger partial charge in [0, 0.05) is 0 Å². The van der Waals surface area contributed by atoms with Crippen LogP contribution in [0.2, 0.25) is 0 Å². The molecule has 0 spiro atoms. The minimum absolute atomic E-state index is 0.245. The van der Waals surface area contributed by atoms with Crippen molar-refractivity contribution in [1.29, 1.82) is 0 Å². The van der Waals surface area contributed by atoms with E-state index in [4.69, 9.17) is 21.3 Å². The van der Waals surface area contributed by atoms with Crippen molar-refractivity contribution >= 4 is 11.9 Å². The molecule has 14 heavy (non-hydrogen) atoms. The molecule has 0 heterocycles. The highest BCUT2D eigenvalue weighted by atomic mass is 16.5. The normalized spacial score (nSPS) is 14.5. The standard InChI is InChI=1S/C8H16N2O4/c1-2-3-4-14-8(13)6(10)5(9)7(11)12/h5-6H,2-4,9-10H2,1H3,(H,11,12)/t5-,6?/m0/s1. The summed E-state index contributed by atoms with van der Waals surface area (Å²) in [6.45, 7) is 2.19. The van der Waals surface area contributed by atoms with Gasteiger partial charge < -0.3 is 21.3 Å². The van der Waals surface area contributed by atoms with Gasteiger partial charge in [0.25, 0.3) is 0 Å². The maximum atomic E-state index is 11.1. The van der Waals surface area contributed by atoms with Crippen molar-refractivity contribution in [2.24, 2.45) is 11.5 Å². The molecule has 0 aromatic rings. The molecule has 0 aliphatic rings. The molecule has 0 radical (unpaired) electrons. The highest BCUT2D eigenvalue weighted by molar-refractivity contribution is 5.85. The molecule has 0 fully saturated rings. The van der Waals surface area contributed by atoms with Gasteiger partial charge in [-0.1, -0.05) is 13.3 Å². The number of carbonyl (C=O) groups is 2. The van der Waals surface area contributed by atoms with E-state index in [-0.39, 0.29) is 6.61 Å². The van der Waals surface area contributed by atoms with Crippen LogP contribution in [0.25, 0.3) is 0 Å². The molecule has 0 rings (SSSR count).